The van der Waals surface area contributed by atoms with Crippen LogP contribution in [0, 0.1) is 13.8 Å². The topological polar surface area (TPSA) is 43.4 Å². The highest BCUT2D eigenvalue weighted by Gasteiger charge is 2.13. The molecule has 112 valence electrons. The maximum Gasteiger partial charge on any atom is 0.261 e. The van der Waals surface area contributed by atoms with Crippen LogP contribution in [0.25, 0.3) is 0 Å². The van der Waals surface area contributed by atoms with Crippen LogP contribution in [0.2, 0.25) is 5.02 Å². The quantitative estimate of drug-likeness (QED) is 0.634. The van der Waals surface area contributed by atoms with Gasteiger partial charge in [-0.1, -0.05) is 11.6 Å². The molecule has 0 spiro atoms. The van der Waals surface area contributed by atoms with Crippen LogP contribution in [0.1, 0.15) is 11.1 Å². The lowest BCUT2D eigenvalue weighted by Gasteiger charge is -2.11. The van der Waals surface area contributed by atoms with Gasteiger partial charge in [0.05, 0.1) is 9.37 Å². The molecule has 7 heteroatoms. The van der Waals surface area contributed by atoms with E-state index in [1.807, 2.05) is 26.0 Å². The second kappa shape index (κ2) is 6.16. The first-order valence-electron chi connectivity index (χ1n) is 5.87. The molecule has 0 N–H and O–H groups in total. The summed E-state index contributed by atoms with van der Waals surface area (Å²) in [6, 6.07) is 7.95. The minimum Gasteiger partial charge on any atom is -0.456 e. The monoisotopic (exact) mass is 408 g/mol. The van der Waals surface area contributed by atoms with Gasteiger partial charge in [0.1, 0.15) is 11.5 Å². The molecule has 0 fully saturated rings. The number of ether oxygens (including phenoxy) is 1. The summed E-state index contributed by atoms with van der Waals surface area (Å²) < 4.78 is 28.8. The van der Waals surface area contributed by atoms with Crippen molar-refractivity contribution in [3.63, 3.8) is 0 Å². The fourth-order valence-electron chi connectivity index (χ4n) is 1.81. The van der Waals surface area contributed by atoms with Crippen molar-refractivity contribution in [2.75, 3.05) is 0 Å². The Balaban J connectivity index is 2.37. The first kappa shape index (κ1) is 16.6. The van der Waals surface area contributed by atoms with Gasteiger partial charge < -0.3 is 4.74 Å². The summed E-state index contributed by atoms with van der Waals surface area (Å²) in [4.78, 5) is 0.00635. The molecule has 0 amide bonds. The minimum absolute atomic E-state index is 0.00635. The Bertz CT molecular complexity index is 781. The third-order valence-corrected chi connectivity index (χ3v) is 5.39. The van der Waals surface area contributed by atoms with Crippen molar-refractivity contribution in [1.29, 1.82) is 0 Å². The summed E-state index contributed by atoms with van der Waals surface area (Å²) in [7, 11) is 1.53. The Kier molecular flexibility index (Phi) is 4.88. The normalized spacial score (nSPS) is 11.5. The zero-order valence-electron chi connectivity index (χ0n) is 11.2. The Morgan fingerprint density at radius 2 is 1.67 bits per heavy atom. The number of hydrogen-bond donors (Lipinski definition) is 0. The summed E-state index contributed by atoms with van der Waals surface area (Å²) in [5.74, 6) is 1.11. The molecule has 21 heavy (non-hydrogen) atoms. The van der Waals surface area contributed by atoms with Crippen molar-refractivity contribution in [1.82, 2.24) is 0 Å². The number of aryl methyl sites for hydroxylation is 2. The summed E-state index contributed by atoms with van der Waals surface area (Å²) in [6.07, 6.45) is 0. The Labute approximate surface area is 141 Å². The van der Waals surface area contributed by atoms with Gasteiger partial charge in [-0.05, 0) is 71.2 Å². The van der Waals surface area contributed by atoms with Gasteiger partial charge in [0, 0.05) is 15.7 Å². The molecule has 0 aromatic heterocycles. The fraction of sp³-hybridized carbons (Fsp3) is 0.143. The summed E-state index contributed by atoms with van der Waals surface area (Å²) in [5, 5.41) is 0.699. The zero-order chi connectivity index (χ0) is 15.8. The van der Waals surface area contributed by atoms with E-state index in [0.29, 0.717) is 21.0 Å². The molecule has 0 atom stereocenters. The summed E-state index contributed by atoms with van der Waals surface area (Å²) in [6.45, 7) is 3.78. The van der Waals surface area contributed by atoms with E-state index in [1.165, 1.54) is 12.1 Å². The second-order valence-electron chi connectivity index (χ2n) is 4.50. The average molecular weight is 410 g/mol. The van der Waals surface area contributed by atoms with Gasteiger partial charge >= 0.3 is 0 Å². The molecular formula is C14H11BrCl2O3S. The van der Waals surface area contributed by atoms with E-state index in [9.17, 15) is 8.42 Å². The van der Waals surface area contributed by atoms with Crippen LogP contribution in [-0.2, 0) is 9.05 Å². The fourth-order valence-corrected chi connectivity index (χ4v) is 3.31. The zero-order valence-corrected chi connectivity index (χ0v) is 15.1. The van der Waals surface area contributed by atoms with Crippen LogP contribution in [-0.4, -0.2) is 8.42 Å². The standard InChI is InChI=1S/C14H11BrCl2O3S/c1-8-5-10(6-9(2)14(8)16)20-13-4-3-11(7-12(13)15)21(17,18)19/h3-7H,1-2H3. The lowest BCUT2D eigenvalue weighted by atomic mass is 10.1. The smallest absolute Gasteiger partial charge is 0.261 e. The molecule has 0 unspecified atom stereocenters. The van der Waals surface area contributed by atoms with Crippen LogP contribution >= 0.6 is 38.2 Å². The van der Waals surface area contributed by atoms with Crippen LogP contribution in [0.4, 0.5) is 0 Å². The maximum absolute atomic E-state index is 11.3. The van der Waals surface area contributed by atoms with Crippen molar-refractivity contribution >= 4 is 47.3 Å². The molecule has 0 bridgehead atoms. The number of hydrogen-bond acceptors (Lipinski definition) is 3. The number of halogens is 3. The van der Waals surface area contributed by atoms with Crippen molar-refractivity contribution in [3.8, 4) is 11.5 Å². The third kappa shape index (κ3) is 3.92. The van der Waals surface area contributed by atoms with Crippen molar-refractivity contribution in [3.05, 3.63) is 51.0 Å². The minimum atomic E-state index is -3.76. The van der Waals surface area contributed by atoms with E-state index in [1.54, 1.807) is 6.07 Å². The number of rotatable bonds is 3. The van der Waals surface area contributed by atoms with Gasteiger partial charge in [0.25, 0.3) is 9.05 Å². The molecule has 0 radical (unpaired) electrons. The molecule has 0 saturated carbocycles. The van der Waals surface area contributed by atoms with Gasteiger partial charge in [-0.15, -0.1) is 0 Å². The highest BCUT2D eigenvalue weighted by Crippen LogP contribution is 2.34. The third-order valence-electron chi connectivity index (χ3n) is 2.82. The Hall–Kier alpha value is -0.750. The van der Waals surface area contributed by atoms with Gasteiger partial charge in [0.15, 0.2) is 0 Å². The predicted octanol–water partition coefficient (Wildman–Crippen LogP) is 5.44. The van der Waals surface area contributed by atoms with Gasteiger partial charge in [0.2, 0.25) is 0 Å². The first-order chi connectivity index (χ1) is 9.68. The van der Waals surface area contributed by atoms with E-state index in [4.69, 9.17) is 27.0 Å². The van der Waals surface area contributed by atoms with Crippen molar-refractivity contribution in [2.45, 2.75) is 18.7 Å². The van der Waals surface area contributed by atoms with Gasteiger partial charge in [-0.25, -0.2) is 8.42 Å². The highest BCUT2D eigenvalue weighted by molar-refractivity contribution is 9.10. The van der Waals surface area contributed by atoms with E-state index in [2.05, 4.69) is 15.9 Å². The molecule has 0 aliphatic heterocycles. The van der Waals surface area contributed by atoms with E-state index < -0.39 is 9.05 Å². The predicted molar refractivity (Wildman–Crippen MR) is 88.2 cm³/mol. The second-order valence-corrected chi connectivity index (χ2v) is 8.30. The van der Waals surface area contributed by atoms with Crippen LogP contribution in [0.15, 0.2) is 39.7 Å². The van der Waals surface area contributed by atoms with Crippen LogP contribution in [0.3, 0.4) is 0 Å². The molecule has 2 aromatic rings. The molecule has 2 aromatic carbocycles. The maximum atomic E-state index is 11.3. The molecule has 0 aliphatic carbocycles. The first-order valence-corrected chi connectivity index (χ1v) is 9.35. The molecule has 0 heterocycles. The molecular weight excluding hydrogens is 399 g/mol. The van der Waals surface area contributed by atoms with E-state index >= 15 is 0 Å². The molecule has 2 rings (SSSR count). The van der Waals surface area contributed by atoms with Gasteiger partial charge in [-0.3, -0.25) is 0 Å². The Morgan fingerprint density at radius 1 is 1.10 bits per heavy atom. The average Bonchev–Trinajstić information content (AvgIpc) is 2.37. The molecule has 0 aliphatic rings. The summed E-state index contributed by atoms with van der Waals surface area (Å²) in [5.41, 5.74) is 1.81. The van der Waals surface area contributed by atoms with Crippen molar-refractivity contribution < 1.29 is 13.2 Å². The highest BCUT2D eigenvalue weighted by atomic mass is 79.9. The summed E-state index contributed by atoms with van der Waals surface area (Å²) >= 11 is 9.38. The SMILES string of the molecule is Cc1cc(Oc2ccc(S(=O)(=O)Cl)cc2Br)cc(C)c1Cl. The molecule has 3 nitrogen and oxygen atoms in total. The van der Waals surface area contributed by atoms with Gasteiger partial charge in [-0.2, -0.15) is 0 Å². The Morgan fingerprint density at radius 3 is 2.14 bits per heavy atom. The van der Waals surface area contributed by atoms with Crippen LogP contribution < -0.4 is 4.74 Å². The van der Waals surface area contributed by atoms with Crippen molar-refractivity contribution in [2.24, 2.45) is 0 Å². The van der Waals surface area contributed by atoms with Crippen LogP contribution in [0.5, 0.6) is 11.5 Å². The lowest BCUT2D eigenvalue weighted by Crippen LogP contribution is -1.93. The molecule has 0 saturated heterocycles. The lowest BCUT2D eigenvalue weighted by molar-refractivity contribution is 0.478. The van der Waals surface area contributed by atoms with E-state index in [-0.39, 0.29) is 4.90 Å². The van der Waals surface area contributed by atoms with E-state index in [0.717, 1.165) is 11.1 Å². The number of benzene rings is 2. The largest absolute Gasteiger partial charge is 0.456 e.